The van der Waals surface area contributed by atoms with E-state index in [1.54, 1.807) is 16.6 Å². The smallest absolute Gasteiger partial charge is 0.322 e. The normalized spacial score (nSPS) is 20.4. The monoisotopic (exact) mass is 412 g/mol. The van der Waals surface area contributed by atoms with Crippen molar-refractivity contribution in [3.63, 3.8) is 0 Å². The second-order valence-electron chi connectivity index (χ2n) is 7.60. The van der Waals surface area contributed by atoms with E-state index in [0.29, 0.717) is 29.9 Å². The lowest BCUT2D eigenvalue weighted by Gasteiger charge is -2.34. The first-order chi connectivity index (χ1) is 14.3. The summed E-state index contributed by atoms with van der Waals surface area (Å²) in [6.45, 7) is 9.35. The number of carbonyl (C=O) groups is 2. The van der Waals surface area contributed by atoms with Gasteiger partial charge < -0.3 is 20.2 Å². The topological polar surface area (TPSA) is 95.1 Å². The molecule has 2 aromatic rings. The molecule has 0 fully saturated rings. The van der Waals surface area contributed by atoms with Crippen LogP contribution in [0.5, 0.6) is 0 Å². The number of hydrogen-bond donors (Lipinski definition) is 2. The van der Waals surface area contributed by atoms with E-state index in [-0.39, 0.29) is 36.8 Å². The number of aliphatic hydroxyl groups excluding tert-OH is 1. The summed E-state index contributed by atoms with van der Waals surface area (Å²) in [6.07, 6.45) is 0.486. The summed E-state index contributed by atoms with van der Waals surface area (Å²) < 4.78 is 15.2. The van der Waals surface area contributed by atoms with E-state index < -0.39 is 11.8 Å². The van der Waals surface area contributed by atoms with E-state index in [9.17, 15) is 19.1 Å². The van der Waals surface area contributed by atoms with Crippen molar-refractivity contribution in [3.8, 4) is 0 Å². The lowest BCUT2D eigenvalue weighted by Crippen LogP contribution is -2.48. The molecule has 2 aliphatic heterocycles. The Morgan fingerprint density at radius 1 is 1.47 bits per heavy atom. The van der Waals surface area contributed by atoms with Crippen molar-refractivity contribution in [1.82, 2.24) is 19.6 Å². The summed E-state index contributed by atoms with van der Waals surface area (Å²) in [5.41, 5.74) is 2.08. The maximum Gasteiger partial charge on any atom is 0.322 e. The molecule has 10 heteroatoms. The molecule has 0 saturated carbocycles. The van der Waals surface area contributed by atoms with Crippen LogP contribution in [0.15, 0.2) is 18.2 Å². The first-order valence-corrected chi connectivity index (χ1v) is 9.55. The average Bonchev–Trinajstić information content (AvgIpc) is 3.08. The number of aliphatic hydroxyl groups is 1. The molecular weight excluding hydrogens is 391 g/mol. The molecule has 3 heterocycles. The standard InChI is InChI=1S/C20H21FN6O3/c1-11-6-16-14(18-19(29)25(3)13(10-28)8-27(18)24-16)9-26(11)20(30)23-12-4-5-15(21)17(7-12)22-2/h4-5,7,11,13,28H,6,8-10H2,1,3H3,(H,23,30). The van der Waals surface area contributed by atoms with Gasteiger partial charge in [-0.25, -0.2) is 14.0 Å². The van der Waals surface area contributed by atoms with Crippen LogP contribution in [-0.2, 0) is 19.5 Å². The van der Waals surface area contributed by atoms with Crippen molar-refractivity contribution in [2.45, 2.75) is 38.5 Å². The number of carbonyl (C=O) groups excluding carboxylic acids is 2. The Morgan fingerprint density at radius 2 is 2.23 bits per heavy atom. The predicted molar refractivity (Wildman–Crippen MR) is 106 cm³/mol. The van der Waals surface area contributed by atoms with Gasteiger partial charge in [-0.2, -0.15) is 5.10 Å². The third kappa shape index (κ3) is 3.17. The minimum atomic E-state index is -0.644. The van der Waals surface area contributed by atoms with Crippen LogP contribution in [-0.4, -0.2) is 62.4 Å². The Kier molecular flexibility index (Phi) is 4.91. The molecule has 0 spiro atoms. The van der Waals surface area contributed by atoms with Crippen LogP contribution < -0.4 is 5.32 Å². The second kappa shape index (κ2) is 7.42. The number of fused-ring (bicyclic) bond motifs is 3. The summed E-state index contributed by atoms with van der Waals surface area (Å²) in [5, 5.41) is 16.8. The molecule has 156 valence electrons. The van der Waals surface area contributed by atoms with Gasteiger partial charge in [-0.3, -0.25) is 9.48 Å². The number of hydrogen-bond acceptors (Lipinski definition) is 4. The third-order valence-electron chi connectivity index (χ3n) is 5.73. The van der Waals surface area contributed by atoms with Crippen molar-refractivity contribution in [2.24, 2.45) is 0 Å². The Hall–Kier alpha value is -3.45. The van der Waals surface area contributed by atoms with Crippen LogP contribution in [0.25, 0.3) is 4.85 Å². The molecule has 2 atom stereocenters. The first-order valence-electron chi connectivity index (χ1n) is 9.55. The molecule has 2 N–H and O–H groups in total. The van der Waals surface area contributed by atoms with Crippen LogP contribution >= 0.6 is 0 Å². The Morgan fingerprint density at radius 3 is 2.93 bits per heavy atom. The highest BCUT2D eigenvalue weighted by atomic mass is 19.1. The number of rotatable bonds is 2. The van der Waals surface area contributed by atoms with Gasteiger partial charge in [0.2, 0.25) is 5.69 Å². The van der Waals surface area contributed by atoms with Gasteiger partial charge >= 0.3 is 6.03 Å². The van der Waals surface area contributed by atoms with Gasteiger partial charge in [0.1, 0.15) is 11.5 Å². The molecule has 0 saturated heterocycles. The predicted octanol–water partition coefficient (Wildman–Crippen LogP) is 2.00. The van der Waals surface area contributed by atoms with Crippen LogP contribution in [0.1, 0.15) is 28.7 Å². The highest BCUT2D eigenvalue weighted by molar-refractivity contribution is 5.96. The molecule has 1 aromatic carbocycles. The van der Waals surface area contributed by atoms with Crippen LogP contribution in [0, 0.1) is 12.4 Å². The highest BCUT2D eigenvalue weighted by Crippen LogP contribution is 2.30. The van der Waals surface area contributed by atoms with E-state index in [4.69, 9.17) is 6.57 Å². The molecule has 0 radical (unpaired) electrons. The first kappa shape index (κ1) is 19.8. The van der Waals surface area contributed by atoms with E-state index in [0.717, 1.165) is 11.8 Å². The largest absolute Gasteiger partial charge is 0.394 e. The van der Waals surface area contributed by atoms with Gasteiger partial charge in [-0.05, 0) is 25.1 Å². The summed E-state index contributed by atoms with van der Waals surface area (Å²) in [5.74, 6) is -0.876. The lowest BCUT2D eigenvalue weighted by atomic mass is 9.98. The van der Waals surface area contributed by atoms with Crippen molar-refractivity contribution < 1.29 is 19.1 Å². The van der Waals surface area contributed by atoms with Crippen LogP contribution in [0.3, 0.4) is 0 Å². The highest BCUT2D eigenvalue weighted by Gasteiger charge is 2.38. The molecule has 1 aromatic heterocycles. The van der Waals surface area contributed by atoms with Crippen LogP contribution in [0.4, 0.5) is 20.6 Å². The SMILES string of the molecule is [C-]#[N+]c1cc(NC(=O)N2Cc3c(nn4c3C(=O)N(C)C(CO)C4)CC2C)ccc1F. The van der Waals surface area contributed by atoms with E-state index >= 15 is 0 Å². The third-order valence-corrected chi connectivity index (χ3v) is 5.73. The zero-order valence-electron chi connectivity index (χ0n) is 16.6. The molecule has 2 aliphatic rings. The van der Waals surface area contributed by atoms with Crippen molar-refractivity contribution in [1.29, 1.82) is 0 Å². The maximum atomic E-state index is 13.5. The molecule has 0 bridgehead atoms. The number of nitrogens with zero attached hydrogens (tertiary/aromatic N) is 5. The minimum Gasteiger partial charge on any atom is -0.394 e. The zero-order chi connectivity index (χ0) is 21.6. The fourth-order valence-corrected chi connectivity index (χ4v) is 3.95. The fourth-order valence-electron chi connectivity index (χ4n) is 3.95. The maximum absolute atomic E-state index is 13.5. The fraction of sp³-hybridized carbons (Fsp3) is 0.400. The zero-order valence-corrected chi connectivity index (χ0v) is 16.6. The second-order valence-corrected chi connectivity index (χ2v) is 7.60. The number of urea groups is 1. The van der Waals surface area contributed by atoms with Gasteiger partial charge in [-0.15, -0.1) is 0 Å². The molecule has 30 heavy (non-hydrogen) atoms. The average molecular weight is 412 g/mol. The number of likely N-dealkylation sites (N-methyl/N-ethyl adjacent to an activating group) is 1. The summed E-state index contributed by atoms with van der Waals surface area (Å²) in [7, 11) is 1.64. The number of anilines is 1. The molecule has 3 amide bonds. The van der Waals surface area contributed by atoms with Crippen molar-refractivity contribution in [2.75, 3.05) is 19.0 Å². The lowest BCUT2D eigenvalue weighted by molar-refractivity contribution is 0.0546. The number of benzene rings is 1. The van der Waals surface area contributed by atoms with E-state index in [1.807, 2.05) is 6.92 Å². The molecule has 2 unspecified atom stereocenters. The quantitative estimate of drug-likeness (QED) is 0.738. The van der Waals surface area contributed by atoms with Crippen molar-refractivity contribution >= 4 is 23.3 Å². The Labute approximate surface area is 172 Å². The van der Waals surface area contributed by atoms with Gasteiger partial charge in [0.15, 0.2) is 0 Å². The Bertz CT molecular complexity index is 1080. The van der Waals surface area contributed by atoms with Crippen LogP contribution in [0.2, 0.25) is 0 Å². The van der Waals surface area contributed by atoms with Gasteiger partial charge in [0.05, 0.1) is 38.0 Å². The number of aromatic nitrogens is 2. The number of halogens is 1. The van der Waals surface area contributed by atoms with E-state index in [2.05, 4.69) is 15.3 Å². The minimum absolute atomic E-state index is 0.151. The van der Waals surface area contributed by atoms with Gasteiger partial charge in [0, 0.05) is 30.8 Å². The molecule has 9 nitrogen and oxygen atoms in total. The summed E-state index contributed by atoms with van der Waals surface area (Å²) in [6, 6.07) is 2.92. The molecule has 0 aliphatic carbocycles. The Balaban J connectivity index is 1.60. The molecular formula is C20H21FN6O3. The number of nitrogens with one attached hydrogen (secondary N) is 1. The van der Waals surface area contributed by atoms with Crippen molar-refractivity contribution in [3.05, 3.63) is 52.4 Å². The molecule has 4 rings (SSSR count). The summed E-state index contributed by atoms with van der Waals surface area (Å²) >= 11 is 0. The van der Waals surface area contributed by atoms with Gasteiger partial charge in [0.25, 0.3) is 5.91 Å². The van der Waals surface area contributed by atoms with Gasteiger partial charge in [-0.1, -0.05) is 0 Å². The summed E-state index contributed by atoms with van der Waals surface area (Å²) in [4.78, 5) is 31.9. The number of amides is 3. The van der Waals surface area contributed by atoms with E-state index in [1.165, 1.54) is 17.0 Å².